The Kier molecular flexibility index (Phi) is 6.26. The van der Waals surface area contributed by atoms with Crippen LogP contribution in [0.2, 0.25) is 0 Å². The Balaban J connectivity index is 1.13. The number of likely N-dealkylation sites (tertiary alicyclic amines) is 2. The molecule has 3 aromatic rings. The van der Waals surface area contributed by atoms with Gasteiger partial charge in [0.2, 0.25) is 0 Å². The third-order valence-corrected chi connectivity index (χ3v) is 8.66. The molecule has 38 heavy (non-hydrogen) atoms. The second kappa shape index (κ2) is 9.62. The van der Waals surface area contributed by atoms with Crippen LogP contribution < -0.4 is 4.74 Å². The summed E-state index contributed by atoms with van der Waals surface area (Å²) in [7, 11) is 0. The molecule has 3 aliphatic heterocycles. The van der Waals surface area contributed by atoms with E-state index < -0.39 is 5.60 Å². The van der Waals surface area contributed by atoms with Crippen LogP contribution in [0.1, 0.15) is 54.7 Å². The first-order valence-corrected chi connectivity index (χ1v) is 13.6. The molecule has 1 spiro atoms. The Bertz CT molecular complexity index is 1340. The first-order valence-electron chi connectivity index (χ1n) is 13.6. The van der Waals surface area contributed by atoms with Gasteiger partial charge in [-0.2, -0.15) is 0 Å². The molecule has 198 valence electrons. The third-order valence-electron chi connectivity index (χ3n) is 8.66. The smallest absolute Gasteiger partial charge is 0.260 e. The predicted octanol–water partition coefficient (Wildman–Crippen LogP) is 4.78. The van der Waals surface area contributed by atoms with E-state index in [0.717, 1.165) is 48.5 Å². The highest BCUT2D eigenvalue weighted by Crippen LogP contribution is 2.43. The Morgan fingerprint density at radius 3 is 2.37 bits per heavy atom. The molecule has 3 aliphatic rings. The van der Waals surface area contributed by atoms with Crippen molar-refractivity contribution in [3.63, 3.8) is 0 Å². The molecule has 0 radical (unpaired) electrons. The van der Waals surface area contributed by atoms with Gasteiger partial charge in [0.15, 0.2) is 5.60 Å². The van der Waals surface area contributed by atoms with Crippen molar-refractivity contribution in [2.75, 3.05) is 32.8 Å². The second-order valence-corrected chi connectivity index (χ2v) is 10.9. The van der Waals surface area contributed by atoms with E-state index >= 15 is 0 Å². The maximum Gasteiger partial charge on any atom is 0.260 e. The largest absolute Gasteiger partial charge is 0.494 e. The summed E-state index contributed by atoms with van der Waals surface area (Å²) in [6.07, 6.45) is 4.77. The molecule has 1 aromatic heterocycles. The number of fused-ring (bicyclic) bond motifs is 3. The summed E-state index contributed by atoms with van der Waals surface area (Å²) in [6, 6.07) is 19.5. The molecule has 2 saturated heterocycles. The van der Waals surface area contributed by atoms with Crippen molar-refractivity contribution >= 4 is 11.8 Å². The molecule has 0 N–H and O–H groups in total. The van der Waals surface area contributed by atoms with Gasteiger partial charge in [0.25, 0.3) is 11.8 Å². The van der Waals surface area contributed by atoms with Gasteiger partial charge < -0.3 is 23.8 Å². The van der Waals surface area contributed by atoms with E-state index in [2.05, 4.69) is 16.7 Å². The van der Waals surface area contributed by atoms with Crippen LogP contribution in [0.25, 0.3) is 5.69 Å². The van der Waals surface area contributed by atoms with Crippen molar-refractivity contribution in [3.8, 4) is 11.4 Å². The van der Waals surface area contributed by atoms with E-state index in [9.17, 15) is 9.59 Å². The van der Waals surface area contributed by atoms with Crippen LogP contribution in [-0.4, -0.2) is 59.0 Å². The molecule has 0 bridgehead atoms. The summed E-state index contributed by atoms with van der Waals surface area (Å²) < 4.78 is 14.0. The minimum Gasteiger partial charge on any atom is -0.494 e. The second-order valence-electron chi connectivity index (χ2n) is 10.9. The zero-order chi connectivity index (χ0) is 26.3. The van der Waals surface area contributed by atoms with Crippen molar-refractivity contribution in [2.24, 2.45) is 5.41 Å². The molecule has 0 saturated carbocycles. The maximum absolute atomic E-state index is 14.1. The van der Waals surface area contributed by atoms with E-state index in [0.29, 0.717) is 38.4 Å². The van der Waals surface area contributed by atoms with Crippen LogP contribution in [0.15, 0.2) is 66.9 Å². The van der Waals surface area contributed by atoms with Gasteiger partial charge in [0.1, 0.15) is 5.75 Å². The number of amides is 2. The van der Waals surface area contributed by atoms with Gasteiger partial charge in [-0.05, 0) is 81.0 Å². The van der Waals surface area contributed by atoms with E-state index in [1.165, 1.54) is 0 Å². The monoisotopic (exact) mass is 513 g/mol. The molecule has 4 heterocycles. The van der Waals surface area contributed by atoms with Crippen LogP contribution in [-0.2, 0) is 21.7 Å². The predicted molar refractivity (Wildman–Crippen MR) is 144 cm³/mol. The molecule has 2 aromatic carbocycles. The molecule has 6 rings (SSSR count). The molecule has 7 heteroatoms. The van der Waals surface area contributed by atoms with Crippen LogP contribution in [0.5, 0.6) is 5.75 Å². The van der Waals surface area contributed by atoms with Gasteiger partial charge in [-0.25, -0.2) is 0 Å². The molecular weight excluding hydrogens is 478 g/mol. The number of para-hydroxylation sites is 1. The summed E-state index contributed by atoms with van der Waals surface area (Å²) in [6.45, 7) is 7.70. The fourth-order valence-electron chi connectivity index (χ4n) is 6.36. The average Bonchev–Trinajstić information content (AvgIpc) is 3.58. The third kappa shape index (κ3) is 4.19. The number of hydrogen-bond acceptors (Lipinski definition) is 4. The van der Waals surface area contributed by atoms with Crippen molar-refractivity contribution in [3.05, 3.63) is 83.7 Å². The highest BCUT2D eigenvalue weighted by atomic mass is 16.5. The highest BCUT2D eigenvalue weighted by Gasteiger charge is 2.49. The topological polar surface area (TPSA) is 64.0 Å². The SMILES string of the molecule is CCOc1ccc(C(=O)N2CCC3(CC2)CCN(C(=O)C2(C)OCc4ccccc4-n4cccc42)C3)cc1. The molecule has 2 fully saturated rings. The quantitative estimate of drug-likeness (QED) is 0.504. The van der Waals surface area contributed by atoms with Crippen LogP contribution in [0.3, 0.4) is 0 Å². The number of hydrogen-bond donors (Lipinski definition) is 0. The summed E-state index contributed by atoms with van der Waals surface area (Å²) in [5, 5.41) is 0. The number of carbonyl (C=O) groups excluding carboxylic acids is 2. The number of nitrogens with zero attached hydrogens (tertiary/aromatic N) is 3. The van der Waals surface area contributed by atoms with Gasteiger partial charge in [-0.1, -0.05) is 18.2 Å². The summed E-state index contributed by atoms with van der Waals surface area (Å²) >= 11 is 0. The summed E-state index contributed by atoms with van der Waals surface area (Å²) in [5.74, 6) is 0.864. The molecular formula is C31H35N3O4. The van der Waals surface area contributed by atoms with Gasteiger partial charge in [0, 0.05) is 43.5 Å². The normalized spacial score (nSPS) is 22.1. The number of piperidine rings is 1. The number of rotatable bonds is 4. The van der Waals surface area contributed by atoms with Crippen LogP contribution >= 0.6 is 0 Å². The van der Waals surface area contributed by atoms with Crippen molar-refractivity contribution < 1.29 is 19.1 Å². The number of benzene rings is 2. The number of aromatic nitrogens is 1. The zero-order valence-corrected chi connectivity index (χ0v) is 22.2. The zero-order valence-electron chi connectivity index (χ0n) is 22.2. The Morgan fingerprint density at radius 1 is 0.921 bits per heavy atom. The fourth-order valence-corrected chi connectivity index (χ4v) is 6.36. The number of carbonyl (C=O) groups is 2. The van der Waals surface area contributed by atoms with E-state index in [1.54, 1.807) is 0 Å². The van der Waals surface area contributed by atoms with Gasteiger partial charge in [-0.3, -0.25) is 9.59 Å². The first kappa shape index (κ1) is 24.7. The Morgan fingerprint density at radius 2 is 1.63 bits per heavy atom. The lowest BCUT2D eigenvalue weighted by Crippen LogP contribution is -2.48. The minimum absolute atomic E-state index is 0.0232. The maximum atomic E-state index is 14.1. The standard InChI is InChI=1S/C31H35N3O4/c1-3-37-25-12-10-23(11-13-25)28(35)32-18-14-31(15-19-32)16-20-33(22-31)29(36)30(2)27-9-6-17-34(27)26-8-5-4-7-24(26)21-38-30/h4-13,17H,3,14-16,18-22H2,1-2H3. The highest BCUT2D eigenvalue weighted by molar-refractivity contribution is 5.94. The lowest BCUT2D eigenvalue weighted by molar-refractivity contribution is -0.159. The molecule has 0 aliphatic carbocycles. The lowest BCUT2D eigenvalue weighted by Gasteiger charge is -2.40. The van der Waals surface area contributed by atoms with Gasteiger partial charge in [0.05, 0.1) is 24.6 Å². The number of ether oxygens (including phenoxy) is 2. The molecule has 2 amide bonds. The first-order chi connectivity index (χ1) is 18.4. The van der Waals surface area contributed by atoms with Gasteiger partial charge >= 0.3 is 0 Å². The Hall–Kier alpha value is -3.58. The molecule has 7 nitrogen and oxygen atoms in total. The molecule has 1 unspecified atom stereocenters. The average molecular weight is 514 g/mol. The van der Waals surface area contributed by atoms with Crippen LogP contribution in [0, 0.1) is 5.41 Å². The molecule has 1 atom stereocenters. The van der Waals surface area contributed by atoms with Crippen molar-refractivity contribution in [1.82, 2.24) is 14.4 Å². The van der Waals surface area contributed by atoms with E-state index in [4.69, 9.17) is 9.47 Å². The lowest BCUT2D eigenvalue weighted by atomic mass is 9.77. The van der Waals surface area contributed by atoms with Crippen molar-refractivity contribution in [2.45, 2.75) is 45.3 Å². The minimum atomic E-state index is -1.06. The summed E-state index contributed by atoms with van der Waals surface area (Å²) in [4.78, 5) is 31.1. The van der Waals surface area contributed by atoms with E-state index in [-0.39, 0.29) is 17.2 Å². The van der Waals surface area contributed by atoms with Crippen molar-refractivity contribution in [1.29, 1.82) is 0 Å². The Labute approximate surface area is 223 Å². The summed E-state index contributed by atoms with van der Waals surface area (Å²) in [5.41, 5.74) is 2.69. The van der Waals surface area contributed by atoms with Crippen LogP contribution in [0.4, 0.5) is 0 Å². The van der Waals surface area contributed by atoms with Gasteiger partial charge in [-0.15, -0.1) is 0 Å². The van der Waals surface area contributed by atoms with E-state index in [1.807, 2.05) is 78.4 Å². The fraction of sp³-hybridized carbons (Fsp3) is 0.419.